The quantitative estimate of drug-likeness (QED) is 0.751. The Bertz CT molecular complexity index is 162. The summed E-state index contributed by atoms with van der Waals surface area (Å²) in [6.45, 7) is 8.22. The second kappa shape index (κ2) is 8.66. The van der Waals surface area contributed by atoms with E-state index < -0.39 is 0 Å². The van der Waals surface area contributed by atoms with Gasteiger partial charge in [0.2, 0.25) is 0 Å². The van der Waals surface area contributed by atoms with E-state index in [9.17, 15) is 0 Å². The Morgan fingerprint density at radius 2 is 1.75 bits per heavy atom. The fourth-order valence-electron chi connectivity index (χ4n) is 1.99. The van der Waals surface area contributed by atoms with Crippen molar-refractivity contribution in [3.63, 3.8) is 0 Å². The van der Waals surface area contributed by atoms with Crippen molar-refractivity contribution in [1.82, 2.24) is 5.32 Å². The molecule has 0 aromatic rings. The van der Waals surface area contributed by atoms with Crippen molar-refractivity contribution in [3.05, 3.63) is 0 Å². The fraction of sp³-hybridized carbons (Fsp3) is 1.00. The molecule has 1 saturated heterocycles. The molecule has 1 fully saturated rings. The Hall–Kier alpha value is 0.600. The molecule has 0 amide bonds. The van der Waals surface area contributed by atoms with E-state index in [1.165, 1.54) is 50.2 Å². The number of halogens is 1. The van der Waals surface area contributed by atoms with E-state index in [0.717, 1.165) is 6.04 Å². The predicted octanol–water partition coefficient (Wildman–Crippen LogP) is 4.11. The summed E-state index contributed by atoms with van der Waals surface area (Å²) in [7, 11) is 0. The van der Waals surface area contributed by atoms with Gasteiger partial charge in [-0.15, -0.1) is 12.4 Å². The van der Waals surface area contributed by atoms with Gasteiger partial charge in [-0.2, -0.15) is 11.8 Å². The highest BCUT2D eigenvalue weighted by Gasteiger charge is 2.12. The van der Waals surface area contributed by atoms with E-state index in [1.54, 1.807) is 0 Å². The lowest BCUT2D eigenvalue weighted by molar-refractivity contribution is 0.354. The molecule has 0 unspecified atom stereocenters. The van der Waals surface area contributed by atoms with Gasteiger partial charge in [0, 0.05) is 6.04 Å². The Kier molecular flexibility index (Phi) is 8.98. The van der Waals surface area contributed by atoms with Crippen molar-refractivity contribution >= 4 is 24.2 Å². The molecule has 0 atom stereocenters. The van der Waals surface area contributed by atoms with Crippen LogP contribution in [0.2, 0.25) is 0 Å². The molecule has 1 aliphatic rings. The smallest absolute Gasteiger partial charge is 0.00827 e. The van der Waals surface area contributed by atoms with E-state index in [1.807, 2.05) is 0 Å². The number of hydrogen-bond donors (Lipinski definition) is 1. The van der Waals surface area contributed by atoms with Gasteiger partial charge in [0.25, 0.3) is 0 Å². The molecule has 0 aliphatic carbocycles. The highest BCUT2D eigenvalue weighted by atomic mass is 35.5. The van der Waals surface area contributed by atoms with Gasteiger partial charge in [-0.1, -0.05) is 27.2 Å². The molecule has 1 N–H and O–H groups in total. The van der Waals surface area contributed by atoms with Gasteiger partial charge in [0.1, 0.15) is 0 Å². The summed E-state index contributed by atoms with van der Waals surface area (Å²) in [5, 5.41) is 3.69. The van der Waals surface area contributed by atoms with Crippen LogP contribution in [0.5, 0.6) is 0 Å². The Balaban J connectivity index is 0.00000225. The fourth-order valence-corrected chi connectivity index (χ4v) is 3.09. The number of rotatable bonds is 5. The molecule has 0 aromatic carbocycles. The molecule has 98 valence electrons. The predicted molar refractivity (Wildman–Crippen MR) is 78.9 cm³/mol. The van der Waals surface area contributed by atoms with Gasteiger partial charge in [-0.3, -0.25) is 0 Å². The number of unbranched alkanes of at least 4 members (excludes halogenated alkanes) is 1. The Morgan fingerprint density at radius 3 is 2.31 bits per heavy atom. The zero-order valence-electron chi connectivity index (χ0n) is 11.1. The first-order valence-corrected chi connectivity index (χ1v) is 7.54. The maximum absolute atomic E-state index is 3.69. The zero-order valence-corrected chi connectivity index (χ0v) is 12.7. The molecule has 1 nitrogen and oxygen atoms in total. The molecule has 3 heteroatoms. The summed E-state index contributed by atoms with van der Waals surface area (Å²) >= 11 is 2.11. The zero-order chi connectivity index (χ0) is 11.1. The standard InChI is InChI=1S/C13H27NS.ClH/c1-13(2,3)8-4-5-9-14-12-6-10-15-11-7-12;/h12,14H,4-11H2,1-3H3;1H. The largest absolute Gasteiger partial charge is 0.314 e. The lowest BCUT2D eigenvalue weighted by Crippen LogP contribution is -2.33. The van der Waals surface area contributed by atoms with E-state index in [0.29, 0.717) is 5.41 Å². The molecular weight excluding hydrogens is 238 g/mol. The van der Waals surface area contributed by atoms with E-state index >= 15 is 0 Å². The third kappa shape index (κ3) is 8.72. The molecule has 1 heterocycles. The molecule has 0 radical (unpaired) electrons. The van der Waals surface area contributed by atoms with E-state index in [-0.39, 0.29) is 12.4 Å². The first-order chi connectivity index (χ1) is 7.08. The van der Waals surface area contributed by atoms with Gasteiger partial charge in [-0.05, 0) is 49.1 Å². The lowest BCUT2D eigenvalue weighted by atomic mass is 9.90. The van der Waals surface area contributed by atoms with E-state index in [2.05, 4.69) is 37.8 Å². The van der Waals surface area contributed by atoms with Gasteiger partial charge in [0.05, 0.1) is 0 Å². The molecule has 0 spiro atoms. The van der Waals surface area contributed by atoms with Gasteiger partial charge < -0.3 is 5.32 Å². The van der Waals surface area contributed by atoms with Crippen LogP contribution in [0.3, 0.4) is 0 Å². The molecule has 1 rings (SSSR count). The number of thioether (sulfide) groups is 1. The Morgan fingerprint density at radius 1 is 1.12 bits per heavy atom. The molecular formula is C13H28ClNS. The van der Waals surface area contributed by atoms with Crippen molar-refractivity contribution in [2.45, 2.75) is 58.9 Å². The van der Waals surface area contributed by atoms with Crippen molar-refractivity contribution < 1.29 is 0 Å². The van der Waals surface area contributed by atoms with Gasteiger partial charge >= 0.3 is 0 Å². The van der Waals surface area contributed by atoms with E-state index in [4.69, 9.17) is 0 Å². The minimum absolute atomic E-state index is 0. The Labute approximate surface area is 112 Å². The molecule has 0 saturated carbocycles. The number of hydrogen-bond acceptors (Lipinski definition) is 2. The van der Waals surface area contributed by atoms with Gasteiger partial charge in [-0.25, -0.2) is 0 Å². The van der Waals surface area contributed by atoms with Crippen molar-refractivity contribution in [1.29, 1.82) is 0 Å². The van der Waals surface area contributed by atoms with Crippen molar-refractivity contribution in [3.8, 4) is 0 Å². The minimum atomic E-state index is 0. The first-order valence-electron chi connectivity index (χ1n) is 6.39. The normalized spacial score (nSPS) is 18.2. The van der Waals surface area contributed by atoms with Crippen LogP contribution in [0, 0.1) is 5.41 Å². The maximum atomic E-state index is 3.69. The van der Waals surface area contributed by atoms with Crippen LogP contribution in [0.4, 0.5) is 0 Å². The van der Waals surface area contributed by atoms with Crippen LogP contribution in [-0.2, 0) is 0 Å². The second-order valence-corrected chi connectivity index (χ2v) is 7.08. The summed E-state index contributed by atoms with van der Waals surface area (Å²) in [6.07, 6.45) is 6.84. The minimum Gasteiger partial charge on any atom is -0.314 e. The van der Waals surface area contributed by atoms with Gasteiger partial charge in [0.15, 0.2) is 0 Å². The van der Waals surface area contributed by atoms with Crippen LogP contribution in [0.15, 0.2) is 0 Å². The second-order valence-electron chi connectivity index (χ2n) is 5.86. The SMILES string of the molecule is CC(C)(C)CCCCNC1CCSCC1.Cl. The summed E-state index contributed by atoms with van der Waals surface area (Å²) in [4.78, 5) is 0. The maximum Gasteiger partial charge on any atom is 0.00827 e. The summed E-state index contributed by atoms with van der Waals surface area (Å²) in [5.41, 5.74) is 0.515. The van der Waals surface area contributed by atoms with Crippen LogP contribution in [0.1, 0.15) is 52.9 Å². The van der Waals surface area contributed by atoms with Crippen LogP contribution < -0.4 is 5.32 Å². The van der Waals surface area contributed by atoms with Crippen LogP contribution in [-0.4, -0.2) is 24.1 Å². The third-order valence-corrected chi connectivity index (χ3v) is 4.06. The summed E-state index contributed by atoms with van der Waals surface area (Å²) in [5.74, 6) is 2.72. The average molecular weight is 266 g/mol. The van der Waals surface area contributed by atoms with Crippen LogP contribution in [0.25, 0.3) is 0 Å². The highest BCUT2D eigenvalue weighted by Crippen LogP contribution is 2.21. The monoisotopic (exact) mass is 265 g/mol. The highest BCUT2D eigenvalue weighted by molar-refractivity contribution is 7.99. The number of nitrogens with one attached hydrogen (secondary N) is 1. The average Bonchev–Trinajstić information content (AvgIpc) is 2.17. The molecule has 0 aromatic heterocycles. The molecule has 16 heavy (non-hydrogen) atoms. The lowest BCUT2D eigenvalue weighted by Gasteiger charge is -2.23. The topological polar surface area (TPSA) is 12.0 Å². The summed E-state index contributed by atoms with van der Waals surface area (Å²) in [6, 6.07) is 0.820. The molecule has 1 aliphatic heterocycles. The van der Waals surface area contributed by atoms with Crippen molar-refractivity contribution in [2.75, 3.05) is 18.1 Å². The van der Waals surface area contributed by atoms with Crippen LogP contribution >= 0.6 is 24.2 Å². The molecule has 0 bridgehead atoms. The summed E-state index contributed by atoms with van der Waals surface area (Å²) < 4.78 is 0. The first kappa shape index (κ1) is 16.6. The van der Waals surface area contributed by atoms with Crippen molar-refractivity contribution in [2.24, 2.45) is 5.41 Å². The third-order valence-electron chi connectivity index (χ3n) is 3.01.